The van der Waals surface area contributed by atoms with Gasteiger partial charge in [0.2, 0.25) is 0 Å². The van der Waals surface area contributed by atoms with Crippen LogP contribution in [0.3, 0.4) is 0 Å². The van der Waals surface area contributed by atoms with Gasteiger partial charge in [0.15, 0.2) is 5.65 Å². The molecule has 0 unspecified atom stereocenters. The van der Waals surface area contributed by atoms with Crippen LogP contribution in [-0.4, -0.2) is 37.3 Å². The van der Waals surface area contributed by atoms with E-state index in [0.29, 0.717) is 23.2 Å². The number of aromatic nitrogens is 4. The van der Waals surface area contributed by atoms with Gasteiger partial charge < -0.3 is 10.4 Å². The van der Waals surface area contributed by atoms with Crippen LogP contribution >= 0.6 is 0 Å². The average Bonchev–Trinajstić information content (AvgIpc) is 2.65. The Bertz CT molecular complexity index is 626. The lowest BCUT2D eigenvalue weighted by Crippen LogP contribution is -2.33. The maximum atomic E-state index is 11.4. The smallest absolute Gasteiger partial charge is 0.349 e. The molecule has 0 amide bonds. The van der Waals surface area contributed by atoms with E-state index in [1.807, 2.05) is 0 Å². The number of nitrogens with one attached hydrogen (secondary N) is 2. The SMILES string of the molecule is Cc1nc(NCC2CC(O)C2)cc2n[nH]c(=O)n12. The first kappa shape index (κ1) is 11.2. The van der Waals surface area contributed by atoms with Gasteiger partial charge in [-0.25, -0.2) is 19.3 Å². The van der Waals surface area contributed by atoms with Gasteiger partial charge in [-0.3, -0.25) is 0 Å². The Kier molecular flexibility index (Phi) is 2.55. The summed E-state index contributed by atoms with van der Waals surface area (Å²) in [4.78, 5) is 15.7. The molecule has 1 aliphatic rings. The third kappa shape index (κ3) is 1.86. The number of H-pyrrole nitrogens is 1. The predicted molar refractivity (Wildman–Crippen MR) is 65.6 cm³/mol. The van der Waals surface area contributed by atoms with E-state index in [0.717, 1.165) is 19.4 Å². The maximum absolute atomic E-state index is 11.4. The normalized spacial score (nSPS) is 23.0. The molecule has 0 saturated heterocycles. The van der Waals surface area contributed by atoms with E-state index < -0.39 is 0 Å². The second kappa shape index (κ2) is 4.09. The zero-order valence-electron chi connectivity index (χ0n) is 10.1. The van der Waals surface area contributed by atoms with Crippen molar-refractivity contribution in [2.24, 2.45) is 5.92 Å². The zero-order valence-corrected chi connectivity index (χ0v) is 10.1. The van der Waals surface area contributed by atoms with Crippen molar-refractivity contribution in [2.45, 2.75) is 25.9 Å². The van der Waals surface area contributed by atoms with Gasteiger partial charge in [-0.05, 0) is 25.7 Å². The molecular formula is C11H15N5O2. The van der Waals surface area contributed by atoms with Crippen LogP contribution < -0.4 is 11.0 Å². The quantitative estimate of drug-likeness (QED) is 0.706. The summed E-state index contributed by atoms with van der Waals surface area (Å²) in [5, 5.41) is 18.7. The lowest BCUT2D eigenvalue weighted by molar-refractivity contribution is 0.0486. The Hall–Kier alpha value is -1.89. The van der Waals surface area contributed by atoms with Gasteiger partial charge >= 0.3 is 5.69 Å². The van der Waals surface area contributed by atoms with E-state index in [1.165, 1.54) is 4.40 Å². The van der Waals surface area contributed by atoms with Crippen molar-refractivity contribution in [1.82, 2.24) is 19.6 Å². The number of aryl methyl sites for hydroxylation is 1. The molecule has 0 bridgehead atoms. The molecule has 2 heterocycles. The number of aliphatic hydroxyl groups is 1. The van der Waals surface area contributed by atoms with Gasteiger partial charge in [-0.15, -0.1) is 0 Å². The van der Waals surface area contributed by atoms with E-state index in [4.69, 9.17) is 0 Å². The van der Waals surface area contributed by atoms with E-state index in [1.54, 1.807) is 13.0 Å². The molecule has 0 spiro atoms. The predicted octanol–water partition coefficient (Wildman–Crippen LogP) is -0.0912. The molecule has 2 aromatic heterocycles. The van der Waals surface area contributed by atoms with Crippen molar-refractivity contribution >= 4 is 11.5 Å². The van der Waals surface area contributed by atoms with Crippen molar-refractivity contribution in [3.05, 3.63) is 22.4 Å². The highest BCUT2D eigenvalue weighted by molar-refractivity contribution is 5.49. The fourth-order valence-electron chi connectivity index (χ4n) is 2.30. The second-order valence-electron chi connectivity index (χ2n) is 4.78. The Balaban J connectivity index is 1.78. The molecule has 3 N–H and O–H groups in total. The van der Waals surface area contributed by atoms with E-state index >= 15 is 0 Å². The van der Waals surface area contributed by atoms with Crippen LogP contribution in [0.5, 0.6) is 0 Å². The van der Waals surface area contributed by atoms with Crippen LogP contribution in [0.2, 0.25) is 0 Å². The molecule has 1 aliphatic carbocycles. The Morgan fingerprint density at radius 1 is 1.61 bits per heavy atom. The first-order valence-electron chi connectivity index (χ1n) is 6.00. The van der Waals surface area contributed by atoms with Crippen LogP contribution in [0.4, 0.5) is 5.82 Å². The van der Waals surface area contributed by atoms with Gasteiger partial charge in [0.05, 0.1) is 6.10 Å². The lowest BCUT2D eigenvalue weighted by atomic mass is 9.82. The molecule has 7 heteroatoms. The van der Waals surface area contributed by atoms with Crippen LogP contribution in [0.1, 0.15) is 18.7 Å². The first-order chi connectivity index (χ1) is 8.63. The van der Waals surface area contributed by atoms with E-state index in [2.05, 4.69) is 20.5 Å². The summed E-state index contributed by atoms with van der Waals surface area (Å²) in [5.74, 6) is 1.81. The summed E-state index contributed by atoms with van der Waals surface area (Å²) in [7, 11) is 0. The minimum absolute atomic E-state index is 0.140. The molecule has 7 nitrogen and oxygen atoms in total. The second-order valence-corrected chi connectivity index (χ2v) is 4.78. The topological polar surface area (TPSA) is 95.3 Å². The summed E-state index contributed by atoms with van der Waals surface area (Å²) in [6, 6.07) is 1.74. The summed E-state index contributed by atoms with van der Waals surface area (Å²) in [5.41, 5.74) is 0.285. The molecule has 0 radical (unpaired) electrons. The highest BCUT2D eigenvalue weighted by Crippen LogP contribution is 2.27. The number of aromatic amines is 1. The molecule has 0 aromatic carbocycles. The monoisotopic (exact) mass is 249 g/mol. The number of hydrogen-bond acceptors (Lipinski definition) is 5. The van der Waals surface area contributed by atoms with Crippen molar-refractivity contribution in [2.75, 3.05) is 11.9 Å². The van der Waals surface area contributed by atoms with Gasteiger partial charge in [-0.2, -0.15) is 5.10 Å². The van der Waals surface area contributed by atoms with Crippen molar-refractivity contribution in [3.8, 4) is 0 Å². The molecular weight excluding hydrogens is 234 g/mol. The van der Waals surface area contributed by atoms with Crippen LogP contribution in [0.25, 0.3) is 5.65 Å². The first-order valence-corrected chi connectivity index (χ1v) is 6.00. The van der Waals surface area contributed by atoms with Crippen LogP contribution in [0, 0.1) is 12.8 Å². The number of nitrogens with zero attached hydrogens (tertiary/aromatic N) is 3. The third-order valence-corrected chi connectivity index (χ3v) is 3.35. The fraction of sp³-hybridized carbons (Fsp3) is 0.545. The summed E-state index contributed by atoms with van der Waals surface area (Å²) in [6.45, 7) is 2.55. The average molecular weight is 249 g/mol. The Labute approximate surface area is 103 Å². The molecule has 0 atom stereocenters. The Morgan fingerprint density at radius 2 is 2.39 bits per heavy atom. The summed E-state index contributed by atoms with van der Waals surface area (Å²) >= 11 is 0. The van der Waals surface area contributed by atoms with E-state index in [9.17, 15) is 9.90 Å². The van der Waals surface area contributed by atoms with Crippen molar-refractivity contribution in [1.29, 1.82) is 0 Å². The fourth-order valence-corrected chi connectivity index (χ4v) is 2.30. The van der Waals surface area contributed by atoms with E-state index in [-0.39, 0.29) is 11.8 Å². The van der Waals surface area contributed by atoms with Gasteiger partial charge in [0.1, 0.15) is 11.6 Å². The van der Waals surface area contributed by atoms with Crippen LogP contribution in [-0.2, 0) is 0 Å². The van der Waals surface area contributed by atoms with Gasteiger partial charge in [0, 0.05) is 12.6 Å². The number of rotatable bonds is 3. The highest BCUT2D eigenvalue weighted by Gasteiger charge is 2.26. The zero-order chi connectivity index (χ0) is 12.7. The van der Waals surface area contributed by atoms with Crippen molar-refractivity contribution in [3.63, 3.8) is 0 Å². The molecule has 2 aromatic rings. The molecule has 1 saturated carbocycles. The maximum Gasteiger partial charge on any atom is 0.349 e. The van der Waals surface area contributed by atoms with Crippen LogP contribution in [0.15, 0.2) is 10.9 Å². The number of hydrogen-bond donors (Lipinski definition) is 3. The summed E-state index contributed by atoms with van der Waals surface area (Å²) < 4.78 is 1.43. The Morgan fingerprint density at radius 3 is 3.11 bits per heavy atom. The minimum Gasteiger partial charge on any atom is -0.393 e. The van der Waals surface area contributed by atoms with Crippen molar-refractivity contribution < 1.29 is 5.11 Å². The molecule has 18 heavy (non-hydrogen) atoms. The molecule has 3 rings (SSSR count). The minimum atomic E-state index is -0.274. The van der Waals surface area contributed by atoms with Gasteiger partial charge in [-0.1, -0.05) is 0 Å². The molecule has 0 aliphatic heterocycles. The van der Waals surface area contributed by atoms with Gasteiger partial charge in [0.25, 0.3) is 0 Å². The molecule has 1 fully saturated rings. The summed E-state index contributed by atoms with van der Waals surface area (Å²) in [6.07, 6.45) is 1.55. The molecule has 96 valence electrons. The number of fused-ring (bicyclic) bond motifs is 1. The third-order valence-electron chi connectivity index (χ3n) is 3.35. The lowest BCUT2D eigenvalue weighted by Gasteiger charge is -2.31. The number of anilines is 1. The number of aliphatic hydroxyl groups excluding tert-OH is 1. The largest absolute Gasteiger partial charge is 0.393 e. The standard InChI is InChI=1S/C11H15N5O2/c1-6-13-9(12-5-7-2-8(17)3-7)4-10-14-15-11(18)16(6)10/h4,7-8,12,17H,2-3,5H2,1H3,(H,15,18). The highest BCUT2D eigenvalue weighted by atomic mass is 16.3.